The summed E-state index contributed by atoms with van der Waals surface area (Å²) in [6, 6.07) is 0.138. The van der Waals surface area contributed by atoms with Gasteiger partial charge in [0.25, 0.3) is 0 Å². The minimum absolute atomic E-state index is 0.138. The van der Waals surface area contributed by atoms with Gasteiger partial charge < -0.3 is 10.1 Å². The number of methoxy groups -OCH3 is 1. The molecule has 0 saturated heterocycles. The van der Waals surface area contributed by atoms with Gasteiger partial charge in [0, 0.05) is 7.11 Å². The van der Waals surface area contributed by atoms with Crippen LogP contribution in [0.4, 0.5) is 0 Å². The summed E-state index contributed by atoms with van der Waals surface area (Å²) >= 11 is 0. The molecule has 0 aliphatic rings. The van der Waals surface area contributed by atoms with Crippen molar-refractivity contribution in [2.45, 2.75) is 13.0 Å². The lowest BCUT2D eigenvalue weighted by atomic mass is 10.2. The summed E-state index contributed by atoms with van der Waals surface area (Å²) in [4.78, 5) is 0. The molecule has 2 N–H and O–H groups in total. The second-order valence-electron chi connectivity index (χ2n) is 2.46. The van der Waals surface area contributed by atoms with Crippen molar-refractivity contribution in [1.29, 1.82) is 0 Å². The fourth-order valence-corrected chi connectivity index (χ4v) is 1.04. The Balaban J connectivity index is 2.53. The van der Waals surface area contributed by atoms with Gasteiger partial charge in [-0.3, -0.25) is 0 Å². The van der Waals surface area contributed by atoms with Crippen LogP contribution in [0.5, 0.6) is 0 Å². The van der Waals surface area contributed by atoms with E-state index in [-0.39, 0.29) is 6.04 Å². The molecule has 1 rings (SSSR count). The van der Waals surface area contributed by atoms with Gasteiger partial charge in [0.2, 0.25) is 0 Å². The molecule has 0 saturated carbocycles. The zero-order valence-corrected chi connectivity index (χ0v) is 7.37. The summed E-state index contributed by atoms with van der Waals surface area (Å²) in [6.45, 7) is 3.55. The molecule has 0 amide bonds. The highest BCUT2D eigenvalue weighted by molar-refractivity contribution is 4.99. The fraction of sp³-hybridized carbons (Fsp3) is 0.714. The Bertz CT molecular complexity index is 193. The third kappa shape index (κ3) is 2.28. The van der Waals surface area contributed by atoms with E-state index in [0.29, 0.717) is 6.61 Å². The number of hydrogen-bond acceptors (Lipinski definition) is 4. The first-order valence-electron chi connectivity index (χ1n) is 3.96. The minimum atomic E-state index is 0.138. The number of likely N-dealkylation sites (N-methyl/N-ethyl adjacent to an activating group) is 1. The molecule has 0 radical (unpaired) electrons. The van der Waals surface area contributed by atoms with Gasteiger partial charge in [-0.25, -0.2) is 0 Å². The topological polar surface area (TPSA) is 62.8 Å². The smallest absolute Gasteiger partial charge is 0.102 e. The number of H-pyrrole nitrogens is 1. The van der Waals surface area contributed by atoms with E-state index in [9.17, 15) is 0 Å². The third-order valence-electron chi connectivity index (χ3n) is 1.57. The van der Waals surface area contributed by atoms with E-state index < -0.39 is 0 Å². The average molecular weight is 170 g/mol. The lowest BCUT2D eigenvalue weighted by molar-refractivity contribution is 0.166. The van der Waals surface area contributed by atoms with Crippen LogP contribution in [0.25, 0.3) is 0 Å². The summed E-state index contributed by atoms with van der Waals surface area (Å²) in [5.41, 5.74) is 0.888. The average Bonchev–Trinajstić information content (AvgIpc) is 2.56. The van der Waals surface area contributed by atoms with Gasteiger partial charge >= 0.3 is 0 Å². The summed E-state index contributed by atoms with van der Waals surface area (Å²) in [7, 11) is 1.67. The molecule has 0 fully saturated rings. The maximum atomic E-state index is 5.04. The summed E-state index contributed by atoms with van der Waals surface area (Å²) in [5, 5.41) is 13.5. The SMILES string of the molecule is CCNC(COC)c1cn[nH]n1. The zero-order valence-electron chi connectivity index (χ0n) is 7.37. The Morgan fingerprint density at radius 1 is 1.75 bits per heavy atom. The van der Waals surface area contributed by atoms with Gasteiger partial charge in [0.15, 0.2) is 0 Å². The van der Waals surface area contributed by atoms with E-state index in [1.807, 2.05) is 6.92 Å². The number of rotatable bonds is 5. The second kappa shape index (κ2) is 4.84. The predicted molar refractivity (Wildman–Crippen MR) is 44.7 cm³/mol. The van der Waals surface area contributed by atoms with Gasteiger partial charge in [-0.05, 0) is 6.54 Å². The molecule has 0 aliphatic carbocycles. The highest BCUT2D eigenvalue weighted by Crippen LogP contribution is 2.06. The lowest BCUT2D eigenvalue weighted by Crippen LogP contribution is -2.25. The highest BCUT2D eigenvalue weighted by atomic mass is 16.5. The molecule has 0 aliphatic heterocycles. The predicted octanol–water partition coefficient (Wildman–Crippen LogP) is 0.102. The van der Waals surface area contributed by atoms with Crippen LogP contribution in [0, 0.1) is 0 Å². The Morgan fingerprint density at radius 3 is 3.08 bits per heavy atom. The van der Waals surface area contributed by atoms with Crippen LogP contribution in [0.2, 0.25) is 0 Å². The van der Waals surface area contributed by atoms with E-state index in [0.717, 1.165) is 12.2 Å². The molecule has 0 bridgehead atoms. The van der Waals surface area contributed by atoms with Crippen LogP contribution in [-0.2, 0) is 4.74 Å². The van der Waals surface area contributed by atoms with E-state index in [1.54, 1.807) is 13.3 Å². The molecule has 5 heteroatoms. The molecular formula is C7H14N4O. The standard InChI is InChI=1S/C7H14N4O/c1-3-8-7(5-12-2)6-4-9-11-10-6/h4,7-8H,3,5H2,1-2H3,(H,9,10,11). The van der Waals surface area contributed by atoms with Crippen LogP contribution >= 0.6 is 0 Å². The summed E-state index contributed by atoms with van der Waals surface area (Å²) in [6.07, 6.45) is 1.70. The lowest BCUT2D eigenvalue weighted by Gasteiger charge is -2.12. The largest absolute Gasteiger partial charge is 0.383 e. The zero-order chi connectivity index (χ0) is 8.81. The van der Waals surface area contributed by atoms with Crippen LogP contribution in [0.3, 0.4) is 0 Å². The van der Waals surface area contributed by atoms with E-state index >= 15 is 0 Å². The fourth-order valence-electron chi connectivity index (χ4n) is 1.04. The first-order valence-corrected chi connectivity index (χ1v) is 3.96. The van der Waals surface area contributed by atoms with Crippen molar-refractivity contribution in [2.75, 3.05) is 20.3 Å². The first kappa shape index (κ1) is 9.15. The van der Waals surface area contributed by atoms with Crippen molar-refractivity contribution in [2.24, 2.45) is 0 Å². The molecule has 0 spiro atoms. The molecule has 1 heterocycles. The van der Waals surface area contributed by atoms with E-state index in [1.165, 1.54) is 0 Å². The van der Waals surface area contributed by atoms with Gasteiger partial charge in [-0.1, -0.05) is 6.92 Å². The molecule has 1 aromatic rings. The monoisotopic (exact) mass is 170 g/mol. The van der Waals surface area contributed by atoms with Crippen LogP contribution < -0.4 is 5.32 Å². The van der Waals surface area contributed by atoms with Crippen molar-refractivity contribution in [3.8, 4) is 0 Å². The Kier molecular flexibility index (Phi) is 3.69. The summed E-state index contributed by atoms with van der Waals surface area (Å²) < 4.78 is 5.04. The molecular weight excluding hydrogens is 156 g/mol. The molecule has 12 heavy (non-hydrogen) atoms. The second-order valence-corrected chi connectivity index (χ2v) is 2.46. The third-order valence-corrected chi connectivity index (χ3v) is 1.57. The van der Waals surface area contributed by atoms with Crippen molar-refractivity contribution in [3.63, 3.8) is 0 Å². The molecule has 0 aromatic carbocycles. The quantitative estimate of drug-likeness (QED) is 0.658. The van der Waals surface area contributed by atoms with Crippen LogP contribution in [0.15, 0.2) is 6.20 Å². The summed E-state index contributed by atoms with van der Waals surface area (Å²) in [5.74, 6) is 0. The highest BCUT2D eigenvalue weighted by Gasteiger charge is 2.11. The number of ether oxygens (including phenoxy) is 1. The Hall–Kier alpha value is -0.940. The van der Waals surface area contributed by atoms with Crippen molar-refractivity contribution in [1.82, 2.24) is 20.7 Å². The van der Waals surface area contributed by atoms with E-state index in [4.69, 9.17) is 4.74 Å². The molecule has 68 valence electrons. The Morgan fingerprint density at radius 2 is 2.58 bits per heavy atom. The molecule has 5 nitrogen and oxygen atoms in total. The van der Waals surface area contributed by atoms with Crippen molar-refractivity contribution >= 4 is 0 Å². The molecule has 1 atom stereocenters. The van der Waals surface area contributed by atoms with Gasteiger partial charge in [-0.2, -0.15) is 15.4 Å². The molecule has 1 unspecified atom stereocenters. The van der Waals surface area contributed by atoms with Gasteiger partial charge in [0.05, 0.1) is 18.8 Å². The normalized spacial score (nSPS) is 13.2. The maximum absolute atomic E-state index is 5.04. The maximum Gasteiger partial charge on any atom is 0.102 e. The number of aromatic amines is 1. The number of hydrogen-bond donors (Lipinski definition) is 2. The Labute approximate surface area is 71.5 Å². The first-order chi connectivity index (χ1) is 5.88. The van der Waals surface area contributed by atoms with Crippen molar-refractivity contribution < 1.29 is 4.74 Å². The number of aromatic nitrogens is 3. The molecule has 1 aromatic heterocycles. The van der Waals surface area contributed by atoms with E-state index in [2.05, 4.69) is 20.7 Å². The van der Waals surface area contributed by atoms with Gasteiger partial charge in [0.1, 0.15) is 5.69 Å². The van der Waals surface area contributed by atoms with Crippen LogP contribution in [0.1, 0.15) is 18.7 Å². The number of nitrogens with one attached hydrogen (secondary N) is 2. The minimum Gasteiger partial charge on any atom is -0.383 e. The van der Waals surface area contributed by atoms with Gasteiger partial charge in [-0.15, -0.1) is 0 Å². The van der Waals surface area contributed by atoms with Crippen LogP contribution in [-0.4, -0.2) is 35.7 Å². The van der Waals surface area contributed by atoms with Crippen molar-refractivity contribution in [3.05, 3.63) is 11.9 Å². The number of nitrogens with zero attached hydrogens (tertiary/aromatic N) is 2.